The number of nitrogen functional groups attached to an aromatic ring is 1. The monoisotopic (exact) mass is 393 g/mol. The molecule has 3 rings (SSSR count). The van der Waals surface area contributed by atoms with Gasteiger partial charge in [0, 0.05) is 22.5 Å². The number of aromatic nitrogens is 4. The molecule has 0 saturated carbocycles. The summed E-state index contributed by atoms with van der Waals surface area (Å²) in [5.41, 5.74) is 6.94. The second-order valence-corrected chi connectivity index (χ2v) is 8.49. The summed E-state index contributed by atoms with van der Waals surface area (Å²) in [6.07, 6.45) is 0. The van der Waals surface area contributed by atoms with Crippen molar-refractivity contribution in [3.63, 3.8) is 0 Å². The van der Waals surface area contributed by atoms with Crippen LogP contribution in [0.15, 0.2) is 40.3 Å². The van der Waals surface area contributed by atoms with E-state index < -0.39 is 11.2 Å². The molecule has 0 radical (unpaired) electrons. The van der Waals surface area contributed by atoms with Gasteiger partial charge in [-0.25, -0.2) is 4.79 Å². The molecule has 1 unspecified atom stereocenters. The van der Waals surface area contributed by atoms with E-state index in [2.05, 4.69) is 15.0 Å². The largest absolute Gasteiger partial charge is 0.609 e. The number of fused-ring (bicyclic) bond motifs is 1. The molecule has 0 aliphatic heterocycles. The summed E-state index contributed by atoms with van der Waals surface area (Å²) in [4.78, 5) is 23.5. The molecule has 0 aliphatic rings. The van der Waals surface area contributed by atoms with E-state index in [1.165, 1.54) is 4.57 Å². The molecule has 7 nitrogen and oxygen atoms in total. The highest BCUT2D eigenvalue weighted by Gasteiger charge is 2.29. The van der Waals surface area contributed by atoms with E-state index in [1.807, 2.05) is 44.2 Å². The van der Waals surface area contributed by atoms with Crippen LogP contribution in [0.2, 0.25) is 0 Å². The number of anilines is 1. The summed E-state index contributed by atoms with van der Waals surface area (Å²) < 4.78 is 14.1. The molecule has 2 heterocycles. The number of nitrogens with two attached hydrogens (primary N) is 1. The van der Waals surface area contributed by atoms with Gasteiger partial charge in [0.25, 0.3) is 0 Å². The molecule has 1 atom stereocenters. The molecule has 0 bridgehead atoms. The highest BCUT2D eigenvalue weighted by Crippen LogP contribution is 2.24. The van der Waals surface area contributed by atoms with Crippen molar-refractivity contribution in [3.05, 3.63) is 46.4 Å². The third kappa shape index (κ3) is 3.87. The quantitative estimate of drug-likeness (QED) is 0.378. The Bertz CT molecular complexity index is 970. The van der Waals surface area contributed by atoms with Crippen molar-refractivity contribution in [3.8, 4) is 0 Å². The molecule has 0 fully saturated rings. The van der Waals surface area contributed by atoms with Crippen LogP contribution in [0.1, 0.15) is 19.4 Å². The molecule has 0 amide bonds. The normalized spacial score (nSPS) is 13.2. The molecule has 26 heavy (non-hydrogen) atoms. The Morgan fingerprint density at radius 3 is 2.65 bits per heavy atom. The first-order valence-electron chi connectivity index (χ1n) is 8.05. The fourth-order valence-corrected chi connectivity index (χ4v) is 4.04. The second-order valence-electron chi connectivity index (χ2n) is 6.88. The Labute approximate surface area is 158 Å². The van der Waals surface area contributed by atoms with Crippen LogP contribution in [-0.4, -0.2) is 35.7 Å². The van der Waals surface area contributed by atoms with Crippen LogP contribution in [0.25, 0.3) is 11.2 Å². The summed E-state index contributed by atoms with van der Waals surface area (Å²) in [6.45, 7) is 4.16. The lowest BCUT2D eigenvalue weighted by atomic mass is 10.0. The van der Waals surface area contributed by atoms with E-state index in [1.54, 1.807) is 0 Å². The molecule has 0 spiro atoms. The van der Waals surface area contributed by atoms with Crippen molar-refractivity contribution in [2.45, 2.75) is 25.5 Å². The Morgan fingerprint density at radius 1 is 1.31 bits per heavy atom. The van der Waals surface area contributed by atoms with E-state index in [0.29, 0.717) is 29.3 Å². The predicted octanol–water partition coefficient (Wildman–Crippen LogP) is 2.12. The van der Waals surface area contributed by atoms with Crippen LogP contribution in [0, 0.1) is 5.41 Å². The molecule has 9 heteroatoms. The van der Waals surface area contributed by atoms with E-state index >= 15 is 0 Å². The van der Waals surface area contributed by atoms with E-state index in [4.69, 9.17) is 17.3 Å². The zero-order chi connectivity index (χ0) is 18.9. The van der Waals surface area contributed by atoms with Gasteiger partial charge in [0.2, 0.25) is 0 Å². The van der Waals surface area contributed by atoms with Crippen molar-refractivity contribution >= 4 is 39.8 Å². The maximum absolute atomic E-state index is 12.7. The van der Waals surface area contributed by atoms with Gasteiger partial charge in [0.1, 0.15) is 11.3 Å². The molecule has 1 aromatic carbocycles. The molecular weight excluding hydrogens is 374 g/mol. The van der Waals surface area contributed by atoms with Crippen LogP contribution in [0.4, 0.5) is 5.82 Å². The first-order chi connectivity index (χ1) is 12.3. The number of aromatic amines is 1. The molecular formula is C17H20ClN5O2S. The first-order valence-corrected chi connectivity index (χ1v) is 9.90. The van der Waals surface area contributed by atoms with Gasteiger partial charge in [-0.15, -0.1) is 11.6 Å². The summed E-state index contributed by atoms with van der Waals surface area (Å²) in [6, 6.07) is 9.53. The van der Waals surface area contributed by atoms with Gasteiger partial charge in [0.05, 0.1) is 6.54 Å². The molecule has 3 N–H and O–H groups in total. The highest BCUT2D eigenvalue weighted by molar-refractivity contribution is 7.91. The number of imidazole rings is 1. The van der Waals surface area contributed by atoms with Crippen molar-refractivity contribution in [2.75, 3.05) is 17.4 Å². The fraction of sp³-hybridized carbons (Fsp3) is 0.353. The molecule has 2 aromatic heterocycles. The standard InChI is InChI=1S/C17H20ClN5O2S/c1-17(2,9-18)10-26(25)15-21-13(19)12-14(22-15)23(16(24)20-12)8-11-6-4-3-5-7-11/h3-7H,8-10H2,1-2H3,(H,20,24)(H2,19,21,22). The Balaban J connectivity index is 2.03. The number of halogens is 1. The van der Waals surface area contributed by atoms with E-state index in [9.17, 15) is 9.35 Å². The first kappa shape index (κ1) is 18.8. The third-order valence-corrected chi connectivity index (χ3v) is 6.26. The topological polar surface area (TPSA) is 113 Å². The molecule has 0 aliphatic carbocycles. The molecule has 0 saturated heterocycles. The number of benzene rings is 1. The maximum atomic E-state index is 12.7. The molecule has 138 valence electrons. The lowest BCUT2D eigenvalue weighted by Crippen LogP contribution is -2.27. The van der Waals surface area contributed by atoms with Gasteiger partial charge in [-0.05, 0) is 5.56 Å². The maximum Gasteiger partial charge on any atom is 0.346 e. The van der Waals surface area contributed by atoms with Crippen LogP contribution < -0.4 is 11.4 Å². The summed E-state index contributed by atoms with van der Waals surface area (Å²) in [5.74, 6) is 0.764. The lowest BCUT2D eigenvalue weighted by molar-refractivity contribution is 0.466. The van der Waals surface area contributed by atoms with Crippen LogP contribution in [0.3, 0.4) is 0 Å². The number of H-pyrrole nitrogens is 1. The van der Waals surface area contributed by atoms with Gasteiger partial charge in [-0.3, -0.25) is 4.57 Å². The van der Waals surface area contributed by atoms with Crippen molar-refractivity contribution in [1.82, 2.24) is 19.5 Å². The van der Waals surface area contributed by atoms with Crippen LogP contribution in [-0.2, 0) is 17.7 Å². The average molecular weight is 394 g/mol. The third-order valence-electron chi connectivity index (χ3n) is 3.90. The summed E-state index contributed by atoms with van der Waals surface area (Å²) in [5, 5.41) is 0.106. The Hall–Kier alpha value is -2.03. The van der Waals surface area contributed by atoms with Crippen molar-refractivity contribution in [2.24, 2.45) is 5.41 Å². The van der Waals surface area contributed by atoms with Crippen molar-refractivity contribution in [1.29, 1.82) is 0 Å². The Kier molecular flexibility index (Phi) is 5.27. The lowest BCUT2D eigenvalue weighted by Gasteiger charge is -2.21. The number of rotatable bonds is 6. The Morgan fingerprint density at radius 2 is 2.00 bits per heavy atom. The number of hydrogen-bond donors (Lipinski definition) is 2. The van der Waals surface area contributed by atoms with Gasteiger partial charge < -0.3 is 15.3 Å². The molecule has 3 aromatic rings. The average Bonchev–Trinajstić information content (AvgIpc) is 2.92. The predicted molar refractivity (Wildman–Crippen MR) is 104 cm³/mol. The van der Waals surface area contributed by atoms with Gasteiger partial charge in [-0.2, -0.15) is 9.97 Å². The number of hydrogen-bond acceptors (Lipinski definition) is 5. The minimum absolute atomic E-state index is 0.103. The highest BCUT2D eigenvalue weighted by atomic mass is 35.5. The van der Waals surface area contributed by atoms with Crippen LogP contribution in [0.5, 0.6) is 0 Å². The summed E-state index contributed by atoms with van der Waals surface area (Å²) in [7, 11) is 0. The smallest absolute Gasteiger partial charge is 0.346 e. The fourth-order valence-electron chi connectivity index (χ4n) is 2.50. The number of nitrogens with one attached hydrogen (secondary N) is 1. The van der Waals surface area contributed by atoms with E-state index in [-0.39, 0.29) is 22.1 Å². The minimum atomic E-state index is -1.48. The van der Waals surface area contributed by atoms with Gasteiger partial charge >= 0.3 is 10.8 Å². The zero-order valence-electron chi connectivity index (χ0n) is 14.5. The van der Waals surface area contributed by atoms with Crippen LogP contribution >= 0.6 is 11.6 Å². The second kappa shape index (κ2) is 7.30. The minimum Gasteiger partial charge on any atom is -0.609 e. The summed E-state index contributed by atoms with van der Waals surface area (Å²) >= 11 is 4.44. The van der Waals surface area contributed by atoms with Crippen molar-refractivity contribution < 1.29 is 4.55 Å². The van der Waals surface area contributed by atoms with Gasteiger partial charge in [0.15, 0.2) is 11.5 Å². The van der Waals surface area contributed by atoms with Gasteiger partial charge in [-0.1, -0.05) is 44.2 Å². The van der Waals surface area contributed by atoms with E-state index in [0.717, 1.165) is 5.56 Å². The number of nitrogens with zero attached hydrogens (tertiary/aromatic N) is 3. The zero-order valence-corrected chi connectivity index (χ0v) is 16.1. The number of alkyl halides is 1. The SMILES string of the molecule is CC(C)(CCl)C[S+]([O-])c1nc(N)c2[nH]c(=O)n(Cc3ccccc3)c2n1.